The molecule has 80 valence electrons. The smallest absolute Gasteiger partial charge is 0.341 e. The van der Waals surface area contributed by atoms with Gasteiger partial charge in [0.1, 0.15) is 0 Å². The van der Waals surface area contributed by atoms with Gasteiger partial charge in [-0.2, -0.15) is 0 Å². The lowest BCUT2D eigenvalue weighted by molar-refractivity contribution is -0.139. The van der Waals surface area contributed by atoms with Gasteiger partial charge in [0.15, 0.2) is 18.2 Å². The van der Waals surface area contributed by atoms with Crippen LogP contribution < -0.4 is 4.74 Å². The van der Waals surface area contributed by atoms with Crippen molar-refractivity contribution in [3.05, 3.63) is 42.2 Å². The van der Waals surface area contributed by atoms with E-state index in [9.17, 15) is 9.18 Å². The van der Waals surface area contributed by atoms with Crippen LogP contribution in [0.15, 0.2) is 30.9 Å². The van der Waals surface area contributed by atoms with Crippen LogP contribution in [0.25, 0.3) is 0 Å². The second-order valence-corrected chi connectivity index (χ2v) is 2.90. The Balaban J connectivity index is 2.90. The molecule has 1 N–H and O–H groups in total. The van der Waals surface area contributed by atoms with Crippen LogP contribution in [0.5, 0.6) is 5.75 Å². The Morgan fingerprint density at radius 3 is 2.93 bits per heavy atom. The molecule has 0 aromatic heterocycles. The molecule has 0 radical (unpaired) electrons. The molecular weight excluding hydrogens is 199 g/mol. The van der Waals surface area contributed by atoms with E-state index in [1.54, 1.807) is 18.2 Å². The van der Waals surface area contributed by atoms with Gasteiger partial charge < -0.3 is 9.84 Å². The van der Waals surface area contributed by atoms with E-state index in [1.165, 1.54) is 6.07 Å². The van der Waals surface area contributed by atoms with Gasteiger partial charge in [0.25, 0.3) is 0 Å². The molecule has 0 atom stereocenters. The van der Waals surface area contributed by atoms with Gasteiger partial charge >= 0.3 is 5.97 Å². The Labute approximate surface area is 86.8 Å². The molecule has 1 rings (SSSR count). The molecule has 4 heteroatoms. The third-order valence-corrected chi connectivity index (χ3v) is 1.75. The molecule has 0 heterocycles. The van der Waals surface area contributed by atoms with Gasteiger partial charge in [-0.05, 0) is 12.5 Å². The number of hydrogen-bond acceptors (Lipinski definition) is 2. The summed E-state index contributed by atoms with van der Waals surface area (Å²) in [6.07, 6.45) is 2.04. The molecule has 15 heavy (non-hydrogen) atoms. The Bertz CT molecular complexity index is 374. The highest BCUT2D eigenvalue weighted by Crippen LogP contribution is 2.23. The number of ether oxygens (including phenoxy) is 1. The van der Waals surface area contributed by atoms with Crippen LogP contribution in [0.4, 0.5) is 4.39 Å². The number of rotatable bonds is 5. The van der Waals surface area contributed by atoms with Crippen LogP contribution in [0.2, 0.25) is 0 Å². The summed E-state index contributed by atoms with van der Waals surface area (Å²) in [6.45, 7) is 2.98. The van der Waals surface area contributed by atoms with Gasteiger partial charge in [0, 0.05) is 5.56 Å². The van der Waals surface area contributed by atoms with Crippen LogP contribution in [0.3, 0.4) is 0 Å². The molecule has 1 aromatic carbocycles. The summed E-state index contributed by atoms with van der Waals surface area (Å²) in [5.74, 6) is -1.71. The Morgan fingerprint density at radius 1 is 1.60 bits per heavy atom. The lowest BCUT2D eigenvalue weighted by Gasteiger charge is -2.09. The van der Waals surface area contributed by atoms with Crippen molar-refractivity contribution in [3.63, 3.8) is 0 Å². The van der Waals surface area contributed by atoms with E-state index >= 15 is 0 Å². The molecule has 0 saturated heterocycles. The van der Waals surface area contributed by atoms with E-state index in [0.717, 1.165) is 0 Å². The zero-order valence-electron chi connectivity index (χ0n) is 8.07. The van der Waals surface area contributed by atoms with Gasteiger partial charge in [0.2, 0.25) is 0 Å². The van der Waals surface area contributed by atoms with Crippen molar-refractivity contribution in [3.8, 4) is 5.75 Å². The van der Waals surface area contributed by atoms with Crippen molar-refractivity contribution in [2.24, 2.45) is 0 Å². The normalized spacial score (nSPS) is 9.67. The molecule has 0 saturated carbocycles. The minimum absolute atomic E-state index is 0.0141. The Kier molecular flexibility index (Phi) is 3.85. The fraction of sp³-hybridized carbons (Fsp3) is 0.182. The maximum Gasteiger partial charge on any atom is 0.341 e. The first-order valence-corrected chi connectivity index (χ1v) is 4.38. The topological polar surface area (TPSA) is 46.5 Å². The van der Waals surface area contributed by atoms with Crippen LogP contribution in [-0.2, 0) is 11.2 Å². The second kappa shape index (κ2) is 5.14. The van der Waals surface area contributed by atoms with E-state index < -0.39 is 18.4 Å². The monoisotopic (exact) mass is 210 g/mol. The largest absolute Gasteiger partial charge is 0.479 e. The summed E-state index contributed by atoms with van der Waals surface area (Å²) in [6, 6.07) is 4.44. The lowest BCUT2D eigenvalue weighted by atomic mass is 10.1. The molecule has 1 aromatic rings. The average Bonchev–Trinajstić information content (AvgIpc) is 2.17. The maximum absolute atomic E-state index is 13.3. The minimum atomic E-state index is -1.14. The zero-order valence-corrected chi connectivity index (χ0v) is 8.07. The molecule has 3 nitrogen and oxygen atoms in total. The molecule has 0 fully saturated rings. The summed E-state index contributed by atoms with van der Waals surface area (Å²) in [7, 11) is 0. The summed E-state index contributed by atoms with van der Waals surface area (Å²) in [5, 5.41) is 8.42. The van der Waals surface area contributed by atoms with Crippen LogP contribution in [-0.4, -0.2) is 17.7 Å². The van der Waals surface area contributed by atoms with Crippen molar-refractivity contribution in [2.45, 2.75) is 6.42 Å². The van der Waals surface area contributed by atoms with Crippen LogP contribution in [0, 0.1) is 5.82 Å². The summed E-state index contributed by atoms with van der Waals surface area (Å²) in [4.78, 5) is 10.3. The number of aliphatic carboxylic acids is 1. The van der Waals surface area contributed by atoms with Crippen LogP contribution >= 0.6 is 0 Å². The molecule has 0 aliphatic rings. The number of carboxylic acid groups (broad SMARTS) is 1. The molecule has 0 aliphatic heterocycles. The third-order valence-electron chi connectivity index (χ3n) is 1.75. The first kappa shape index (κ1) is 11.2. The van der Waals surface area contributed by atoms with E-state index in [0.29, 0.717) is 12.0 Å². The van der Waals surface area contributed by atoms with E-state index in [2.05, 4.69) is 6.58 Å². The van der Waals surface area contributed by atoms with Gasteiger partial charge in [-0.25, -0.2) is 9.18 Å². The SMILES string of the molecule is C=CCc1cccc(F)c1OCC(=O)O. The zero-order chi connectivity index (χ0) is 11.3. The number of hydrogen-bond donors (Lipinski definition) is 1. The van der Waals surface area contributed by atoms with Crippen molar-refractivity contribution >= 4 is 5.97 Å². The van der Waals surface area contributed by atoms with Crippen LogP contribution in [0.1, 0.15) is 5.56 Å². The number of benzene rings is 1. The highest BCUT2D eigenvalue weighted by atomic mass is 19.1. The summed E-state index contributed by atoms with van der Waals surface area (Å²) >= 11 is 0. The number of carboxylic acids is 1. The molecule has 0 spiro atoms. The fourth-order valence-electron chi connectivity index (χ4n) is 1.17. The molecule has 0 bridgehead atoms. The molecule has 0 aliphatic carbocycles. The molecule has 0 amide bonds. The summed E-state index contributed by atoms with van der Waals surface area (Å²) < 4.78 is 18.1. The number of halogens is 1. The van der Waals surface area contributed by atoms with Gasteiger partial charge in [0.05, 0.1) is 0 Å². The highest BCUT2D eigenvalue weighted by molar-refractivity contribution is 5.68. The maximum atomic E-state index is 13.3. The van der Waals surface area contributed by atoms with Gasteiger partial charge in [-0.3, -0.25) is 0 Å². The van der Waals surface area contributed by atoms with E-state index in [1.807, 2.05) is 0 Å². The van der Waals surface area contributed by atoms with Gasteiger partial charge in [-0.1, -0.05) is 18.2 Å². The van der Waals surface area contributed by atoms with Crippen molar-refractivity contribution in [1.82, 2.24) is 0 Å². The van der Waals surface area contributed by atoms with Crippen molar-refractivity contribution in [1.29, 1.82) is 0 Å². The quantitative estimate of drug-likeness (QED) is 0.756. The number of carbonyl (C=O) groups is 1. The van der Waals surface area contributed by atoms with E-state index in [4.69, 9.17) is 9.84 Å². The Hall–Kier alpha value is -1.84. The minimum Gasteiger partial charge on any atom is -0.479 e. The lowest BCUT2D eigenvalue weighted by Crippen LogP contribution is -2.11. The first-order valence-electron chi connectivity index (χ1n) is 4.38. The Morgan fingerprint density at radius 2 is 2.33 bits per heavy atom. The highest BCUT2D eigenvalue weighted by Gasteiger charge is 2.10. The number of allylic oxidation sites excluding steroid dienone is 1. The second-order valence-electron chi connectivity index (χ2n) is 2.90. The number of para-hydroxylation sites is 1. The fourth-order valence-corrected chi connectivity index (χ4v) is 1.17. The van der Waals surface area contributed by atoms with Crippen molar-refractivity contribution < 1.29 is 19.0 Å². The third kappa shape index (κ3) is 3.09. The summed E-state index contributed by atoms with van der Waals surface area (Å²) in [5.41, 5.74) is 0.589. The predicted molar refractivity (Wildman–Crippen MR) is 53.4 cm³/mol. The molecular formula is C11H11FO3. The van der Waals surface area contributed by atoms with Crippen molar-refractivity contribution in [2.75, 3.05) is 6.61 Å². The standard InChI is InChI=1S/C11H11FO3/c1-2-4-8-5-3-6-9(12)11(8)15-7-10(13)14/h2-3,5-6H,1,4,7H2,(H,13,14). The predicted octanol–water partition coefficient (Wildman–Crippen LogP) is 2.02. The average molecular weight is 210 g/mol. The van der Waals surface area contributed by atoms with Gasteiger partial charge in [-0.15, -0.1) is 6.58 Å². The first-order chi connectivity index (χ1) is 7.15. The van der Waals surface area contributed by atoms with E-state index in [-0.39, 0.29) is 5.75 Å². The molecule has 0 unspecified atom stereocenters.